The number of hydrogen-bond acceptors (Lipinski definition) is 4. The van der Waals surface area contributed by atoms with Crippen molar-refractivity contribution in [3.8, 4) is 0 Å². The van der Waals surface area contributed by atoms with Gasteiger partial charge in [0.1, 0.15) is 0 Å². The number of benzene rings is 1. The van der Waals surface area contributed by atoms with E-state index in [0.29, 0.717) is 10.8 Å². The Labute approximate surface area is 185 Å². The molecule has 1 aromatic carbocycles. The van der Waals surface area contributed by atoms with Gasteiger partial charge in [0.25, 0.3) is 5.91 Å². The van der Waals surface area contributed by atoms with Crippen molar-refractivity contribution in [3.05, 3.63) is 34.9 Å². The van der Waals surface area contributed by atoms with Crippen LogP contribution >= 0.6 is 11.6 Å². The Morgan fingerprint density at radius 3 is 2.43 bits per heavy atom. The van der Waals surface area contributed by atoms with Crippen molar-refractivity contribution >= 4 is 34.3 Å². The zero-order chi connectivity index (χ0) is 22.3. The van der Waals surface area contributed by atoms with Crippen LogP contribution in [-0.4, -0.2) is 54.8 Å². The number of carboxylic acid groups (broad SMARTS) is 1. The normalized spacial score (nSPS) is 27.0. The lowest BCUT2D eigenvalue weighted by Gasteiger charge is -2.48. The SMILES string of the molecule is CC(C)(C)S(=O)CC(C1CC1)N1C(=O)[C@@](C)(CC(=O)O)OCC1c1ccc(Cl)cc1. The van der Waals surface area contributed by atoms with Gasteiger partial charge in [0.2, 0.25) is 0 Å². The van der Waals surface area contributed by atoms with E-state index in [1.807, 2.05) is 32.9 Å². The highest BCUT2D eigenvalue weighted by Gasteiger charge is 2.52. The topological polar surface area (TPSA) is 83.9 Å². The largest absolute Gasteiger partial charge is 0.481 e. The Hall–Kier alpha value is -1.44. The third kappa shape index (κ3) is 5.06. The number of amides is 1. The summed E-state index contributed by atoms with van der Waals surface area (Å²) in [5.74, 6) is -0.800. The van der Waals surface area contributed by atoms with Crippen molar-refractivity contribution in [2.45, 2.75) is 69.4 Å². The van der Waals surface area contributed by atoms with E-state index in [4.69, 9.17) is 16.3 Å². The molecule has 1 N–H and O–H groups in total. The molecule has 1 aliphatic heterocycles. The molecule has 0 bridgehead atoms. The van der Waals surface area contributed by atoms with E-state index >= 15 is 0 Å². The Morgan fingerprint density at radius 2 is 1.93 bits per heavy atom. The van der Waals surface area contributed by atoms with Crippen LogP contribution in [0.3, 0.4) is 0 Å². The van der Waals surface area contributed by atoms with Crippen molar-refractivity contribution in [3.63, 3.8) is 0 Å². The number of carboxylic acids is 1. The van der Waals surface area contributed by atoms with Gasteiger partial charge in [-0.2, -0.15) is 0 Å². The summed E-state index contributed by atoms with van der Waals surface area (Å²) in [5, 5.41) is 9.94. The maximum Gasteiger partial charge on any atom is 0.306 e. The monoisotopic (exact) mass is 455 g/mol. The minimum Gasteiger partial charge on any atom is -0.481 e. The fourth-order valence-corrected chi connectivity index (χ4v) is 5.26. The van der Waals surface area contributed by atoms with Gasteiger partial charge in [-0.05, 0) is 64.2 Å². The summed E-state index contributed by atoms with van der Waals surface area (Å²) in [5.41, 5.74) is -0.567. The van der Waals surface area contributed by atoms with Gasteiger partial charge in [0, 0.05) is 32.4 Å². The number of morpholine rings is 1. The smallest absolute Gasteiger partial charge is 0.306 e. The molecule has 0 radical (unpaired) electrons. The lowest BCUT2D eigenvalue weighted by atomic mass is 9.92. The maximum atomic E-state index is 13.7. The summed E-state index contributed by atoms with van der Waals surface area (Å²) in [6, 6.07) is 6.66. The minimum absolute atomic E-state index is 0.183. The molecule has 166 valence electrons. The number of ether oxygens (including phenoxy) is 1. The molecule has 3 unspecified atom stereocenters. The molecule has 0 aromatic heterocycles. The molecule has 8 heteroatoms. The second-order valence-corrected chi connectivity index (χ2v) is 12.1. The van der Waals surface area contributed by atoms with E-state index in [1.165, 1.54) is 0 Å². The Kier molecular flexibility index (Phi) is 6.65. The van der Waals surface area contributed by atoms with Crippen LogP contribution < -0.4 is 0 Å². The number of aliphatic carboxylic acids is 1. The lowest BCUT2D eigenvalue weighted by Crippen LogP contribution is -2.61. The Bertz CT molecular complexity index is 833. The molecular formula is C22H30ClNO5S. The highest BCUT2D eigenvalue weighted by molar-refractivity contribution is 7.86. The van der Waals surface area contributed by atoms with Crippen LogP contribution in [0.25, 0.3) is 0 Å². The number of carbonyl (C=O) groups is 2. The number of rotatable bonds is 7. The lowest BCUT2D eigenvalue weighted by molar-refractivity contribution is -0.187. The van der Waals surface area contributed by atoms with Gasteiger partial charge in [0.05, 0.1) is 19.1 Å². The molecule has 1 aliphatic carbocycles. The van der Waals surface area contributed by atoms with Crippen LogP contribution in [0, 0.1) is 5.92 Å². The third-order valence-corrected chi connectivity index (χ3v) is 8.12. The zero-order valence-corrected chi connectivity index (χ0v) is 19.5. The van der Waals surface area contributed by atoms with Gasteiger partial charge >= 0.3 is 5.97 Å². The molecule has 0 spiro atoms. The summed E-state index contributed by atoms with van der Waals surface area (Å²) >= 11 is 6.04. The first-order chi connectivity index (χ1) is 13.9. The van der Waals surface area contributed by atoms with Crippen LogP contribution in [0.5, 0.6) is 0 Å². The van der Waals surface area contributed by atoms with Crippen molar-refractivity contribution < 1.29 is 23.6 Å². The summed E-state index contributed by atoms with van der Waals surface area (Å²) in [6.45, 7) is 7.51. The van der Waals surface area contributed by atoms with Gasteiger partial charge in [0.15, 0.2) is 5.60 Å². The number of carbonyl (C=O) groups excluding carboxylic acids is 1. The molecular weight excluding hydrogens is 426 g/mol. The molecule has 30 heavy (non-hydrogen) atoms. The summed E-state index contributed by atoms with van der Waals surface area (Å²) < 4.78 is 18.5. The summed E-state index contributed by atoms with van der Waals surface area (Å²) in [6.07, 6.45) is 1.54. The van der Waals surface area contributed by atoms with E-state index in [-0.39, 0.29) is 30.5 Å². The van der Waals surface area contributed by atoms with E-state index < -0.39 is 33.5 Å². The molecule has 1 saturated carbocycles. The van der Waals surface area contributed by atoms with Crippen molar-refractivity contribution in [1.82, 2.24) is 4.90 Å². The molecule has 1 aromatic rings. The third-order valence-electron chi connectivity index (χ3n) is 5.85. The standard InChI is InChI=1S/C22H30ClNO5S/c1-21(2,3)30(28)13-18(15-5-6-15)24-17(14-7-9-16(23)10-8-14)12-29-22(4,20(24)27)11-19(25)26/h7-10,15,17-18H,5-6,11-13H2,1-4H3,(H,25,26)/t17?,18?,22-,30?/m1/s1. The van der Waals surface area contributed by atoms with Gasteiger partial charge in [-0.15, -0.1) is 0 Å². The Balaban J connectivity index is 2.00. The zero-order valence-electron chi connectivity index (χ0n) is 17.9. The van der Waals surface area contributed by atoms with E-state index in [2.05, 4.69) is 0 Å². The van der Waals surface area contributed by atoms with Gasteiger partial charge in [-0.3, -0.25) is 13.8 Å². The van der Waals surface area contributed by atoms with Crippen molar-refractivity contribution in [1.29, 1.82) is 0 Å². The molecule has 2 fully saturated rings. The van der Waals surface area contributed by atoms with Crippen molar-refractivity contribution in [2.24, 2.45) is 5.92 Å². The van der Waals surface area contributed by atoms with Crippen LogP contribution in [0.2, 0.25) is 5.02 Å². The van der Waals surface area contributed by atoms with Gasteiger partial charge in [-0.25, -0.2) is 0 Å². The average molecular weight is 456 g/mol. The highest BCUT2D eigenvalue weighted by atomic mass is 35.5. The Morgan fingerprint density at radius 1 is 1.33 bits per heavy atom. The van der Waals surface area contributed by atoms with Crippen molar-refractivity contribution in [2.75, 3.05) is 12.4 Å². The van der Waals surface area contributed by atoms with Crippen LogP contribution in [-0.2, 0) is 25.1 Å². The van der Waals surface area contributed by atoms with Crippen LogP contribution in [0.15, 0.2) is 24.3 Å². The van der Waals surface area contributed by atoms with Crippen LogP contribution in [0.4, 0.5) is 0 Å². The second kappa shape index (κ2) is 8.60. The average Bonchev–Trinajstić information content (AvgIpc) is 3.47. The fraction of sp³-hybridized carbons (Fsp3) is 0.636. The quantitative estimate of drug-likeness (QED) is 0.676. The van der Waals surface area contributed by atoms with E-state index in [9.17, 15) is 18.9 Å². The second-order valence-electron chi connectivity index (χ2n) is 9.42. The van der Waals surface area contributed by atoms with Gasteiger partial charge < -0.3 is 14.7 Å². The predicted molar refractivity (Wildman–Crippen MR) is 117 cm³/mol. The van der Waals surface area contributed by atoms with E-state index in [1.54, 1.807) is 24.0 Å². The first kappa shape index (κ1) is 23.2. The molecule has 3 rings (SSSR count). The molecule has 4 atom stereocenters. The molecule has 1 saturated heterocycles. The first-order valence-corrected chi connectivity index (χ1v) is 11.9. The van der Waals surface area contributed by atoms with Crippen LogP contribution in [0.1, 0.15) is 58.6 Å². The molecule has 1 heterocycles. The molecule has 2 aliphatic rings. The number of nitrogens with zero attached hydrogens (tertiary/aromatic N) is 1. The number of halogens is 1. The molecule has 6 nitrogen and oxygen atoms in total. The minimum atomic E-state index is -1.44. The van der Waals surface area contributed by atoms with Gasteiger partial charge in [-0.1, -0.05) is 23.7 Å². The summed E-state index contributed by atoms with van der Waals surface area (Å²) in [7, 11) is -1.15. The predicted octanol–water partition coefficient (Wildman–Crippen LogP) is 3.80. The maximum absolute atomic E-state index is 13.7. The fourth-order valence-electron chi connectivity index (χ4n) is 3.89. The molecule has 1 amide bonds. The van der Waals surface area contributed by atoms with E-state index in [0.717, 1.165) is 18.4 Å². The number of hydrogen-bond donors (Lipinski definition) is 1. The highest BCUT2D eigenvalue weighted by Crippen LogP contribution is 2.43. The summed E-state index contributed by atoms with van der Waals surface area (Å²) in [4.78, 5) is 26.9. The first-order valence-electron chi connectivity index (χ1n) is 10.2.